The van der Waals surface area contributed by atoms with E-state index in [1.807, 2.05) is 0 Å². The normalized spacial score (nSPS) is 10.1. The van der Waals surface area contributed by atoms with Crippen LogP contribution in [0.5, 0.6) is 0 Å². The molecule has 0 atom stereocenters. The fourth-order valence-corrected chi connectivity index (χ4v) is 2.03. The summed E-state index contributed by atoms with van der Waals surface area (Å²) in [6, 6.07) is 5.16. The van der Waals surface area contributed by atoms with Gasteiger partial charge in [0, 0.05) is 12.3 Å². The van der Waals surface area contributed by atoms with Gasteiger partial charge in [0.25, 0.3) is 0 Å². The van der Waals surface area contributed by atoms with Crippen LogP contribution in [0.2, 0.25) is 0 Å². The molecular formula is C12H12BrClO3. The molecule has 0 unspecified atom stereocenters. The quantitative estimate of drug-likeness (QED) is 0.619. The number of carbonyl (C=O) groups excluding carboxylic acids is 2. The summed E-state index contributed by atoms with van der Waals surface area (Å²) in [6.07, 6.45) is 0.262. The van der Waals surface area contributed by atoms with Crippen LogP contribution in [0.4, 0.5) is 0 Å². The third-order valence-electron chi connectivity index (χ3n) is 2.35. The number of carbonyl (C=O) groups is 2. The highest BCUT2D eigenvalue weighted by atomic mass is 79.9. The Balaban J connectivity index is 3.14. The Morgan fingerprint density at radius 1 is 1.41 bits per heavy atom. The molecule has 0 heterocycles. The van der Waals surface area contributed by atoms with Gasteiger partial charge in [-0.15, -0.1) is 11.6 Å². The fourth-order valence-electron chi connectivity index (χ4n) is 1.52. The summed E-state index contributed by atoms with van der Waals surface area (Å²) in [7, 11) is 1.32. The maximum atomic E-state index is 11.5. The minimum atomic E-state index is -0.436. The molecule has 0 saturated carbocycles. The van der Waals surface area contributed by atoms with E-state index in [2.05, 4.69) is 20.7 Å². The first-order chi connectivity index (χ1) is 8.13. The average molecular weight is 320 g/mol. The van der Waals surface area contributed by atoms with E-state index < -0.39 is 5.97 Å². The predicted molar refractivity (Wildman–Crippen MR) is 69.8 cm³/mol. The first-order valence-corrected chi connectivity index (χ1v) is 6.62. The number of halogens is 2. The van der Waals surface area contributed by atoms with Crippen LogP contribution in [0.3, 0.4) is 0 Å². The smallest absolute Gasteiger partial charge is 0.338 e. The van der Waals surface area contributed by atoms with Crippen LogP contribution in [-0.4, -0.2) is 24.2 Å². The molecule has 0 aliphatic carbocycles. The largest absolute Gasteiger partial charge is 0.465 e. The molecule has 0 amide bonds. The van der Waals surface area contributed by atoms with Crippen molar-refractivity contribution < 1.29 is 14.3 Å². The van der Waals surface area contributed by atoms with Crippen molar-refractivity contribution in [3.63, 3.8) is 0 Å². The lowest BCUT2D eigenvalue weighted by molar-refractivity contribution is -0.115. The number of benzene rings is 1. The molecular weight excluding hydrogens is 307 g/mol. The van der Waals surface area contributed by atoms with E-state index in [-0.39, 0.29) is 23.4 Å². The number of ketones is 1. The molecule has 1 aromatic carbocycles. The molecule has 0 aliphatic heterocycles. The highest BCUT2D eigenvalue weighted by Crippen LogP contribution is 2.19. The molecule has 17 heavy (non-hydrogen) atoms. The molecule has 92 valence electrons. The minimum Gasteiger partial charge on any atom is -0.465 e. The summed E-state index contributed by atoms with van der Waals surface area (Å²) in [6.45, 7) is 0. The number of rotatable bonds is 5. The van der Waals surface area contributed by atoms with E-state index in [1.54, 1.807) is 18.2 Å². The molecule has 1 rings (SSSR count). The van der Waals surface area contributed by atoms with Crippen molar-refractivity contribution in [1.82, 2.24) is 0 Å². The first kappa shape index (κ1) is 14.2. The number of methoxy groups -OCH3 is 1. The highest BCUT2D eigenvalue weighted by Gasteiger charge is 2.15. The average Bonchev–Trinajstić information content (AvgIpc) is 2.37. The van der Waals surface area contributed by atoms with Gasteiger partial charge < -0.3 is 4.74 Å². The Bertz CT molecular complexity index is 432. The Hall–Kier alpha value is -0.870. The van der Waals surface area contributed by atoms with Crippen molar-refractivity contribution in [3.8, 4) is 0 Å². The summed E-state index contributed by atoms with van der Waals surface area (Å²) < 4.78 is 4.67. The molecule has 0 N–H and O–H groups in total. The summed E-state index contributed by atoms with van der Waals surface area (Å²) >= 11 is 8.94. The second kappa shape index (κ2) is 6.77. The lowest BCUT2D eigenvalue weighted by Gasteiger charge is -2.10. The maximum absolute atomic E-state index is 11.5. The van der Waals surface area contributed by atoms with Crippen molar-refractivity contribution in [1.29, 1.82) is 0 Å². The number of hydrogen-bond acceptors (Lipinski definition) is 3. The van der Waals surface area contributed by atoms with Gasteiger partial charge in [0.1, 0.15) is 5.78 Å². The molecule has 0 saturated heterocycles. The first-order valence-electron chi connectivity index (χ1n) is 4.96. The third kappa shape index (κ3) is 3.54. The molecule has 0 spiro atoms. The van der Waals surface area contributed by atoms with E-state index in [1.165, 1.54) is 7.11 Å². The Kier molecular flexibility index (Phi) is 5.65. The lowest BCUT2D eigenvalue weighted by Crippen LogP contribution is -2.11. The highest BCUT2D eigenvalue weighted by molar-refractivity contribution is 9.09. The van der Waals surface area contributed by atoms with Crippen LogP contribution in [0.1, 0.15) is 21.5 Å². The Morgan fingerprint density at radius 2 is 2.12 bits per heavy atom. The molecule has 3 nitrogen and oxygen atoms in total. The summed E-state index contributed by atoms with van der Waals surface area (Å²) in [5, 5.41) is 0.289. The second-order valence-corrected chi connectivity index (χ2v) is 4.25. The summed E-state index contributed by atoms with van der Waals surface area (Å²) in [5.41, 5.74) is 1.85. The van der Waals surface area contributed by atoms with Gasteiger partial charge in [-0.3, -0.25) is 4.79 Å². The molecule has 1 aromatic rings. The van der Waals surface area contributed by atoms with Gasteiger partial charge in [-0.2, -0.15) is 0 Å². The second-order valence-electron chi connectivity index (χ2n) is 3.42. The van der Waals surface area contributed by atoms with Crippen LogP contribution in [0, 0.1) is 0 Å². The lowest BCUT2D eigenvalue weighted by atomic mass is 9.99. The Morgan fingerprint density at radius 3 is 2.65 bits per heavy atom. The molecule has 0 radical (unpaired) electrons. The zero-order valence-corrected chi connectivity index (χ0v) is 11.7. The zero-order chi connectivity index (χ0) is 12.8. The third-order valence-corrected chi connectivity index (χ3v) is 3.24. The van der Waals surface area contributed by atoms with E-state index >= 15 is 0 Å². The summed E-state index contributed by atoms with van der Waals surface area (Å²) in [5.74, 6) is -0.219. The van der Waals surface area contributed by atoms with Crippen LogP contribution >= 0.6 is 27.5 Å². The number of hydrogen-bond donors (Lipinski definition) is 0. The number of Topliss-reactive ketones (excluding diaryl/α,β-unsaturated/α-hetero) is 1. The number of esters is 1. The van der Waals surface area contributed by atoms with Crippen molar-refractivity contribution in [2.75, 3.05) is 12.4 Å². The van der Waals surface area contributed by atoms with E-state index in [4.69, 9.17) is 11.6 Å². The standard InChI is InChI=1S/C12H12BrClO3/c1-17-12(16)10-4-2-3-8(11(10)7-14)5-9(15)6-13/h2-4H,5-7H2,1H3. The van der Waals surface area contributed by atoms with Crippen molar-refractivity contribution in [2.45, 2.75) is 12.3 Å². The van der Waals surface area contributed by atoms with Gasteiger partial charge in [0.15, 0.2) is 0 Å². The molecule has 5 heteroatoms. The van der Waals surface area contributed by atoms with Crippen LogP contribution in [0.15, 0.2) is 18.2 Å². The van der Waals surface area contributed by atoms with E-state index in [0.717, 1.165) is 5.56 Å². The fraction of sp³-hybridized carbons (Fsp3) is 0.333. The molecule has 0 bridgehead atoms. The predicted octanol–water partition coefficient (Wildman–Crippen LogP) is 2.72. The topological polar surface area (TPSA) is 43.4 Å². The van der Waals surface area contributed by atoms with Crippen molar-refractivity contribution in [2.24, 2.45) is 0 Å². The van der Waals surface area contributed by atoms with Crippen LogP contribution in [0.25, 0.3) is 0 Å². The monoisotopic (exact) mass is 318 g/mol. The van der Waals surface area contributed by atoms with Gasteiger partial charge in [-0.05, 0) is 17.2 Å². The number of alkyl halides is 2. The van der Waals surface area contributed by atoms with Gasteiger partial charge in [-0.1, -0.05) is 28.1 Å². The Labute approximate surface area is 113 Å². The van der Waals surface area contributed by atoms with Crippen molar-refractivity contribution in [3.05, 3.63) is 34.9 Å². The van der Waals surface area contributed by atoms with Crippen molar-refractivity contribution >= 4 is 39.3 Å². The van der Waals surface area contributed by atoms with Crippen LogP contribution in [-0.2, 0) is 21.8 Å². The SMILES string of the molecule is COC(=O)c1cccc(CC(=O)CBr)c1CCl. The van der Waals surface area contributed by atoms with E-state index in [0.29, 0.717) is 11.1 Å². The van der Waals surface area contributed by atoms with Gasteiger partial charge in [0.05, 0.1) is 18.0 Å². The number of ether oxygens (including phenoxy) is 1. The van der Waals surface area contributed by atoms with Gasteiger partial charge in [-0.25, -0.2) is 4.79 Å². The van der Waals surface area contributed by atoms with E-state index in [9.17, 15) is 9.59 Å². The zero-order valence-electron chi connectivity index (χ0n) is 9.33. The summed E-state index contributed by atoms with van der Waals surface area (Å²) in [4.78, 5) is 22.9. The minimum absolute atomic E-state index is 0.0402. The molecule has 0 aromatic heterocycles. The van der Waals surface area contributed by atoms with Gasteiger partial charge >= 0.3 is 5.97 Å². The maximum Gasteiger partial charge on any atom is 0.338 e. The van der Waals surface area contributed by atoms with Crippen LogP contribution < -0.4 is 0 Å². The van der Waals surface area contributed by atoms with Gasteiger partial charge in [0.2, 0.25) is 0 Å². The molecule has 0 aliphatic rings. The molecule has 0 fully saturated rings.